The molecule has 1 aromatic rings. The minimum absolute atomic E-state index is 0.587. The molecule has 2 rings (SSSR count). The second-order valence-electron chi connectivity index (χ2n) is 4.79. The molecule has 4 nitrogen and oxygen atoms in total. The van der Waals surface area contributed by atoms with Gasteiger partial charge in [0.25, 0.3) is 0 Å². The Balaban J connectivity index is 2.15. The van der Waals surface area contributed by atoms with Gasteiger partial charge in [0.1, 0.15) is 5.82 Å². The van der Waals surface area contributed by atoms with Crippen molar-refractivity contribution in [1.82, 2.24) is 15.3 Å². The molecule has 0 aliphatic carbocycles. The van der Waals surface area contributed by atoms with Gasteiger partial charge in [0.15, 0.2) is 0 Å². The van der Waals surface area contributed by atoms with E-state index in [9.17, 15) is 0 Å². The maximum atomic E-state index is 4.55. The smallest absolute Gasteiger partial charge is 0.147 e. The number of nitrogens with zero attached hydrogens (tertiary/aromatic N) is 3. The fourth-order valence-corrected chi connectivity index (χ4v) is 2.64. The third-order valence-corrected chi connectivity index (χ3v) is 3.57. The molecule has 0 aromatic carbocycles. The molecule has 1 aliphatic heterocycles. The molecule has 1 N–H and O–H groups in total. The van der Waals surface area contributed by atoms with E-state index in [1.54, 1.807) is 0 Å². The summed E-state index contributed by atoms with van der Waals surface area (Å²) in [4.78, 5) is 11.4. The second kappa shape index (κ2) is 5.45. The van der Waals surface area contributed by atoms with Gasteiger partial charge in [-0.3, -0.25) is 4.98 Å². The molecule has 2 unspecified atom stereocenters. The zero-order valence-corrected chi connectivity index (χ0v) is 11.0. The van der Waals surface area contributed by atoms with Crippen LogP contribution in [0.2, 0.25) is 0 Å². The van der Waals surface area contributed by atoms with E-state index >= 15 is 0 Å². The molecule has 2 heterocycles. The van der Waals surface area contributed by atoms with E-state index in [-0.39, 0.29) is 0 Å². The lowest BCUT2D eigenvalue weighted by molar-refractivity contribution is 0.618. The quantitative estimate of drug-likeness (QED) is 0.864. The first-order chi connectivity index (χ1) is 8.26. The maximum absolute atomic E-state index is 4.55. The molecule has 0 bridgehead atoms. The van der Waals surface area contributed by atoms with Crippen molar-refractivity contribution in [1.29, 1.82) is 0 Å². The lowest BCUT2D eigenvalue weighted by Crippen LogP contribution is -2.34. The Kier molecular flexibility index (Phi) is 3.94. The number of hydrogen-bond acceptors (Lipinski definition) is 4. The molecule has 0 saturated carbocycles. The predicted octanol–water partition coefficient (Wildman–Crippen LogP) is 1.96. The van der Waals surface area contributed by atoms with Crippen molar-refractivity contribution in [3.05, 3.63) is 18.1 Å². The van der Waals surface area contributed by atoms with Crippen LogP contribution in [0.3, 0.4) is 0 Å². The number of nitrogens with one attached hydrogen (secondary N) is 1. The van der Waals surface area contributed by atoms with E-state index in [2.05, 4.69) is 34.0 Å². The summed E-state index contributed by atoms with van der Waals surface area (Å²) in [6, 6.07) is 1.22. The molecule has 2 atom stereocenters. The first kappa shape index (κ1) is 12.3. The van der Waals surface area contributed by atoms with E-state index in [4.69, 9.17) is 0 Å². The summed E-state index contributed by atoms with van der Waals surface area (Å²) in [6.07, 6.45) is 7.51. The van der Waals surface area contributed by atoms with Gasteiger partial charge in [0.2, 0.25) is 0 Å². The van der Waals surface area contributed by atoms with Gasteiger partial charge in [-0.2, -0.15) is 0 Å². The van der Waals surface area contributed by atoms with Crippen molar-refractivity contribution in [2.24, 2.45) is 0 Å². The Morgan fingerprint density at radius 2 is 2.18 bits per heavy atom. The fraction of sp³-hybridized carbons (Fsp3) is 0.692. The third-order valence-electron chi connectivity index (χ3n) is 3.57. The molecular weight excluding hydrogens is 212 g/mol. The zero-order chi connectivity index (χ0) is 12.3. The van der Waals surface area contributed by atoms with E-state index in [1.165, 1.54) is 19.3 Å². The predicted molar refractivity (Wildman–Crippen MR) is 70.0 cm³/mol. The zero-order valence-electron chi connectivity index (χ0n) is 11.0. The molecule has 0 amide bonds. The van der Waals surface area contributed by atoms with Gasteiger partial charge in [-0.05, 0) is 33.2 Å². The Labute approximate surface area is 103 Å². The summed E-state index contributed by atoms with van der Waals surface area (Å²) in [5.74, 6) is 1.03. The van der Waals surface area contributed by atoms with Crippen LogP contribution in [-0.4, -0.2) is 29.1 Å². The fourth-order valence-electron chi connectivity index (χ4n) is 2.64. The lowest BCUT2D eigenvalue weighted by atomic mass is 10.1. The maximum Gasteiger partial charge on any atom is 0.147 e. The molecule has 0 spiro atoms. The van der Waals surface area contributed by atoms with Crippen LogP contribution in [0.25, 0.3) is 0 Å². The van der Waals surface area contributed by atoms with Gasteiger partial charge >= 0.3 is 0 Å². The normalized spacial score (nSPS) is 24.3. The molecular formula is C13H22N4. The summed E-state index contributed by atoms with van der Waals surface area (Å²) >= 11 is 0. The molecule has 1 fully saturated rings. The molecule has 4 heteroatoms. The van der Waals surface area contributed by atoms with Crippen LogP contribution in [0.15, 0.2) is 12.4 Å². The van der Waals surface area contributed by atoms with Crippen molar-refractivity contribution in [2.45, 2.75) is 51.7 Å². The molecule has 1 aliphatic rings. The van der Waals surface area contributed by atoms with Gasteiger partial charge in [0.05, 0.1) is 18.1 Å². The van der Waals surface area contributed by atoms with E-state index in [1.807, 2.05) is 19.4 Å². The summed E-state index contributed by atoms with van der Waals surface area (Å²) in [7, 11) is 1.92. The number of rotatable bonds is 4. The van der Waals surface area contributed by atoms with Gasteiger partial charge in [-0.15, -0.1) is 0 Å². The average molecular weight is 234 g/mol. The van der Waals surface area contributed by atoms with Crippen LogP contribution >= 0.6 is 0 Å². The van der Waals surface area contributed by atoms with Gasteiger partial charge < -0.3 is 10.2 Å². The molecule has 1 saturated heterocycles. The van der Waals surface area contributed by atoms with Crippen LogP contribution in [0.5, 0.6) is 0 Å². The molecule has 17 heavy (non-hydrogen) atoms. The standard InChI is InChI=1S/C13H22N4/c1-4-12-6-5-10(2)17(12)13-9-15-11(7-14-3)8-16-13/h8-10,12,14H,4-7H2,1-3H3. The van der Waals surface area contributed by atoms with E-state index < -0.39 is 0 Å². The average Bonchev–Trinajstić information content (AvgIpc) is 2.72. The highest BCUT2D eigenvalue weighted by molar-refractivity contribution is 5.40. The summed E-state index contributed by atoms with van der Waals surface area (Å²) in [6.45, 7) is 5.30. The molecule has 0 radical (unpaired) electrons. The number of aromatic nitrogens is 2. The van der Waals surface area contributed by atoms with Crippen LogP contribution in [0.1, 0.15) is 38.8 Å². The number of anilines is 1. The highest BCUT2D eigenvalue weighted by Gasteiger charge is 2.30. The van der Waals surface area contributed by atoms with Crippen molar-refractivity contribution >= 4 is 5.82 Å². The van der Waals surface area contributed by atoms with E-state index in [0.29, 0.717) is 12.1 Å². The summed E-state index contributed by atoms with van der Waals surface area (Å²) in [5.41, 5.74) is 0.996. The first-order valence-electron chi connectivity index (χ1n) is 6.50. The van der Waals surface area contributed by atoms with Crippen LogP contribution < -0.4 is 10.2 Å². The van der Waals surface area contributed by atoms with Gasteiger partial charge in [0, 0.05) is 18.6 Å². The molecule has 1 aromatic heterocycles. The van der Waals surface area contributed by atoms with Crippen molar-refractivity contribution in [3.8, 4) is 0 Å². The van der Waals surface area contributed by atoms with Gasteiger partial charge in [-0.25, -0.2) is 4.98 Å². The minimum atomic E-state index is 0.587. The monoisotopic (exact) mass is 234 g/mol. The van der Waals surface area contributed by atoms with Gasteiger partial charge in [-0.1, -0.05) is 6.92 Å². The highest BCUT2D eigenvalue weighted by atomic mass is 15.3. The van der Waals surface area contributed by atoms with E-state index in [0.717, 1.165) is 18.1 Å². The lowest BCUT2D eigenvalue weighted by Gasteiger charge is -2.28. The van der Waals surface area contributed by atoms with Crippen molar-refractivity contribution < 1.29 is 0 Å². The van der Waals surface area contributed by atoms with Crippen molar-refractivity contribution in [3.63, 3.8) is 0 Å². The Morgan fingerprint density at radius 1 is 1.35 bits per heavy atom. The summed E-state index contributed by atoms with van der Waals surface area (Å²) < 4.78 is 0. The largest absolute Gasteiger partial charge is 0.350 e. The van der Waals surface area contributed by atoms with Crippen molar-refractivity contribution in [2.75, 3.05) is 11.9 Å². The highest BCUT2D eigenvalue weighted by Crippen LogP contribution is 2.30. The van der Waals surface area contributed by atoms with Crippen LogP contribution in [-0.2, 0) is 6.54 Å². The SMILES string of the molecule is CCC1CCC(C)N1c1cnc(CNC)cn1. The summed E-state index contributed by atoms with van der Waals surface area (Å²) in [5, 5.41) is 3.09. The topological polar surface area (TPSA) is 41.1 Å². The third kappa shape index (κ3) is 2.57. The second-order valence-corrected chi connectivity index (χ2v) is 4.79. The van der Waals surface area contributed by atoms with Crippen LogP contribution in [0, 0.1) is 0 Å². The Hall–Kier alpha value is -1.16. The Bertz CT molecular complexity index is 349. The minimum Gasteiger partial charge on any atom is -0.350 e. The number of hydrogen-bond donors (Lipinski definition) is 1. The first-order valence-corrected chi connectivity index (χ1v) is 6.50. The van der Waals surface area contributed by atoms with Crippen LogP contribution in [0.4, 0.5) is 5.82 Å². The molecule has 94 valence electrons. The Morgan fingerprint density at radius 3 is 2.76 bits per heavy atom.